The van der Waals surface area contributed by atoms with E-state index in [0.29, 0.717) is 6.42 Å². The van der Waals surface area contributed by atoms with Crippen molar-refractivity contribution in [2.24, 2.45) is 0 Å². The third kappa shape index (κ3) is 3.81. The summed E-state index contributed by atoms with van der Waals surface area (Å²) in [7, 11) is 3.94. The van der Waals surface area contributed by atoms with E-state index in [4.69, 9.17) is 0 Å². The van der Waals surface area contributed by atoms with Crippen LogP contribution in [0.25, 0.3) is 0 Å². The maximum atomic E-state index is 11.9. The zero-order chi connectivity index (χ0) is 13.7. The van der Waals surface area contributed by atoms with Gasteiger partial charge in [-0.25, -0.2) is 0 Å². The van der Waals surface area contributed by atoms with Gasteiger partial charge in [0.1, 0.15) is 0 Å². The lowest BCUT2D eigenvalue weighted by Gasteiger charge is -2.14. The summed E-state index contributed by atoms with van der Waals surface area (Å²) >= 11 is 0. The van der Waals surface area contributed by atoms with Crippen LogP contribution >= 0.6 is 0 Å². The van der Waals surface area contributed by atoms with Crippen molar-refractivity contribution in [3.63, 3.8) is 0 Å². The van der Waals surface area contributed by atoms with Crippen molar-refractivity contribution in [2.75, 3.05) is 24.3 Å². The molecular weight excluding hydrogens is 238 g/mol. The van der Waals surface area contributed by atoms with E-state index in [2.05, 4.69) is 10.3 Å². The van der Waals surface area contributed by atoms with Gasteiger partial charge in [0.2, 0.25) is 5.91 Å². The number of aromatic nitrogens is 1. The third-order valence-corrected chi connectivity index (χ3v) is 2.73. The molecule has 2 rings (SSSR count). The molecule has 1 heterocycles. The van der Waals surface area contributed by atoms with Crippen LogP contribution in [0.4, 0.5) is 11.4 Å². The minimum Gasteiger partial charge on any atom is -0.378 e. The Morgan fingerprint density at radius 3 is 2.79 bits per heavy atom. The molecule has 0 aliphatic carbocycles. The first-order valence-electron chi connectivity index (χ1n) is 6.11. The first-order chi connectivity index (χ1) is 9.15. The van der Waals surface area contributed by atoms with E-state index in [1.54, 1.807) is 12.4 Å². The molecule has 1 N–H and O–H groups in total. The van der Waals surface area contributed by atoms with Gasteiger partial charge in [0, 0.05) is 37.9 Å². The summed E-state index contributed by atoms with van der Waals surface area (Å²) in [4.78, 5) is 17.9. The fourth-order valence-corrected chi connectivity index (χ4v) is 1.76. The molecule has 0 radical (unpaired) electrons. The van der Waals surface area contributed by atoms with Gasteiger partial charge >= 0.3 is 0 Å². The van der Waals surface area contributed by atoms with Crippen molar-refractivity contribution in [3.8, 4) is 0 Å². The Kier molecular flexibility index (Phi) is 4.13. The predicted molar refractivity (Wildman–Crippen MR) is 77.3 cm³/mol. The summed E-state index contributed by atoms with van der Waals surface area (Å²) in [6.07, 6.45) is 3.73. The highest BCUT2D eigenvalue weighted by atomic mass is 16.1. The maximum absolute atomic E-state index is 11.9. The molecule has 1 amide bonds. The molecule has 0 saturated carbocycles. The van der Waals surface area contributed by atoms with Crippen molar-refractivity contribution in [3.05, 3.63) is 54.4 Å². The van der Waals surface area contributed by atoms with E-state index < -0.39 is 0 Å². The van der Waals surface area contributed by atoms with E-state index in [1.807, 2.05) is 55.4 Å². The Labute approximate surface area is 113 Å². The van der Waals surface area contributed by atoms with Gasteiger partial charge in [0.25, 0.3) is 0 Å². The molecule has 0 aliphatic heterocycles. The molecule has 0 aliphatic rings. The summed E-state index contributed by atoms with van der Waals surface area (Å²) in [5, 5.41) is 2.89. The average Bonchev–Trinajstić information content (AvgIpc) is 2.40. The number of rotatable bonds is 4. The lowest BCUT2D eigenvalue weighted by atomic mass is 10.2. The number of carbonyl (C=O) groups is 1. The molecule has 1 aromatic heterocycles. The molecule has 2 aromatic rings. The Hall–Kier alpha value is -2.36. The number of hydrogen-bond donors (Lipinski definition) is 1. The fourth-order valence-electron chi connectivity index (χ4n) is 1.76. The summed E-state index contributed by atoms with van der Waals surface area (Å²) in [5.41, 5.74) is 2.77. The quantitative estimate of drug-likeness (QED) is 0.912. The molecule has 0 fully saturated rings. The Balaban J connectivity index is 2.01. The van der Waals surface area contributed by atoms with E-state index >= 15 is 0 Å². The van der Waals surface area contributed by atoms with Crippen LogP contribution in [0.2, 0.25) is 0 Å². The molecule has 0 unspecified atom stereocenters. The van der Waals surface area contributed by atoms with Crippen LogP contribution in [-0.2, 0) is 11.2 Å². The van der Waals surface area contributed by atoms with Gasteiger partial charge < -0.3 is 10.2 Å². The number of nitrogens with zero attached hydrogens (tertiary/aromatic N) is 2. The summed E-state index contributed by atoms with van der Waals surface area (Å²) in [5.74, 6) is -0.0380. The highest BCUT2D eigenvalue weighted by Crippen LogP contribution is 2.17. The van der Waals surface area contributed by atoms with E-state index in [-0.39, 0.29) is 5.91 Å². The molecule has 0 bridgehead atoms. The van der Waals surface area contributed by atoms with Gasteiger partial charge in [-0.1, -0.05) is 12.1 Å². The minimum absolute atomic E-state index is 0.0380. The van der Waals surface area contributed by atoms with Crippen LogP contribution < -0.4 is 10.2 Å². The van der Waals surface area contributed by atoms with Gasteiger partial charge in [-0.3, -0.25) is 9.78 Å². The average molecular weight is 255 g/mol. The van der Waals surface area contributed by atoms with Crippen LogP contribution in [0.5, 0.6) is 0 Å². The standard InChI is InChI=1S/C15H17N3O/c1-18(2)14-7-3-6-13(10-14)17-15(19)9-12-5-4-8-16-11-12/h3-8,10-11H,9H2,1-2H3,(H,17,19). The van der Waals surface area contributed by atoms with E-state index in [1.165, 1.54) is 0 Å². The second kappa shape index (κ2) is 6.00. The van der Waals surface area contributed by atoms with E-state index in [9.17, 15) is 4.79 Å². The number of anilines is 2. The predicted octanol–water partition coefficient (Wildman–Crippen LogP) is 2.33. The lowest BCUT2D eigenvalue weighted by Crippen LogP contribution is -2.15. The van der Waals surface area contributed by atoms with Gasteiger partial charge in [-0.15, -0.1) is 0 Å². The molecule has 1 aromatic carbocycles. The van der Waals surface area contributed by atoms with Crippen molar-refractivity contribution in [1.82, 2.24) is 4.98 Å². The Morgan fingerprint density at radius 1 is 1.26 bits per heavy atom. The number of pyridine rings is 1. The topological polar surface area (TPSA) is 45.2 Å². The maximum Gasteiger partial charge on any atom is 0.228 e. The molecule has 4 heteroatoms. The molecule has 98 valence electrons. The fraction of sp³-hybridized carbons (Fsp3) is 0.200. The van der Waals surface area contributed by atoms with Gasteiger partial charge in [0.15, 0.2) is 0 Å². The zero-order valence-electron chi connectivity index (χ0n) is 11.1. The monoisotopic (exact) mass is 255 g/mol. The third-order valence-electron chi connectivity index (χ3n) is 2.73. The molecular formula is C15H17N3O. The number of carbonyl (C=O) groups excluding carboxylic acids is 1. The summed E-state index contributed by atoms with van der Waals surface area (Å²) < 4.78 is 0. The zero-order valence-corrected chi connectivity index (χ0v) is 11.1. The molecule has 0 spiro atoms. The molecule has 0 saturated heterocycles. The van der Waals surface area contributed by atoms with Gasteiger partial charge in [-0.05, 0) is 29.8 Å². The van der Waals surface area contributed by atoms with Crippen LogP contribution in [-0.4, -0.2) is 25.0 Å². The van der Waals surface area contributed by atoms with Crippen molar-refractivity contribution in [2.45, 2.75) is 6.42 Å². The second-order valence-electron chi connectivity index (χ2n) is 4.53. The minimum atomic E-state index is -0.0380. The normalized spacial score (nSPS) is 10.0. The van der Waals surface area contributed by atoms with Gasteiger partial charge in [-0.2, -0.15) is 0 Å². The number of nitrogens with one attached hydrogen (secondary N) is 1. The van der Waals surface area contributed by atoms with Crippen LogP contribution in [0, 0.1) is 0 Å². The summed E-state index contributed by atoms with van der Waals surface area (Å²) in [6.45, 7) is 0. The van der Waals surface area contributed by atoms with Gasteiger partial charge in [0.05, 0.1) is 6.42 Å². The van der Waals surface area contributed by atoms with Crippen LogP contribution in [0.3, 0.4) is 0 Å². The van der Waals surface area contributed by atoms with Crippen molar-refractivity contribution < 1.29 is 4.79 Å². The molecule has 0 atom stereocenters. The Bertz CT molecular complexity index is 552. The smallest absolute Gasteiger partial charge is 0.228 e. The SMILES string of the molecule is CN(C)c1cccc(NC(=O)Cc2cccnc2)c1. The van der Waals surface area contributed by atoms with E-state index in [0.717, 1.165) is 16.9 Å². The number of hydrogen-bond acceptors (Lipinski definition) is 3. The van der Waals surface area contributed by atoms with Crippen LogP contribution in [0.1, 0.15) is 5.56 Å². The lowest BCUT2D eigenvalue weighted by molar-refractivity contribution is -0.115. The van der Waals surface area contributed by atoms with Crippen molar-refractivity contribution in [1.29, 1.82) is 0 Å². The molecule has 4 nitrogen and oxygen atoms in total. The summed E-state index contributed by atoms with van der Waals surface area (Å²) in [6, 6.07) is 11.5. The van der Waals surface area contributed by atoms with Crippen LogP contribution in [0.15, 0.2) is 48.8 Å². The highest BCUT2D eigenvalue weighted by Gasteiger charge is 2.05. The molecule has 19 heavy (non-hydrogen) atoms. The van der Waals surface area contributed by atoms with Crippen molar-refractivity contribution >= 4 is 17.3 Å². The first kappa shape index (κ1) is 13.1. The Morgan fingerprint density at radius 2 is 2.11 bits per heavy atom. The highest BCUT2D eigenvalue weighted by molar-refractivity contribution is 5.92. The largest absolute Gasteiger partial charge is 0.378 e. The second-order valence-corrected chi connectivity index (χ2v) is 4.53. The number of benzene rings is 1. The first-order valence-corrected chi connectivity index (χ1v) is 6.11. The number of amides is 1.